The van der Waals surface area contributed by atoms with Gasteiger partial charge in [-0.05, 0) is 24.6 Å². The van der Waals surface area contributed by atoms with Gasteiger partial charge < -0.3 is 10.4 Å². The topological polar surface area (TPSA) is 45.2 Å². The van der Waals surface area contributed by atoms with Crippen LogP contribution >= 0.6 is 11.6 Å². The zero-order chi connectivity index (χ0) is 13.0. The van der Waals surface area contributed by atoms with Crippen LogP contribution in [0.15, 0.2) is 42.5 Å². The lowest BCUT2D eigenvalue weighted by Crippen LogP contribution is -2.10. The highest BCUT2D eigenvalue weighted by atomic mass is 35.5. The van der Waals surface area contributed by atoms with Crippen molar-refractivity contribution in [1.29, 1.82) is 0 Å². The van der Waals surface area contributed by atoms with Gasteiger partial charge in [0.2, 0.25) is 0 Å². The normalized spacial score (nSPS) is 12.1. The molecule has 2 rings (SSSR count). The van der Waals surface area contributed by atoms with Gasteiger partial charge in [0.15, 0.2) is 0 Å². The lowest BCUT2D eigenvalue weighted by molar-refractivity contribution is 0.462. The number of pyridine rings is 1. The number of hydrogen-bond acceptors (Lipinski definition) is 3. The zero-order valence-electron chi connectivity index (χ0n) is 10.1. The molecule has 0 aliphatic rings. The fourth-order valence-corrected chi connectivity index (χ4v) is 2.01. The summed E-state index contributed by atoms with van der Waals surface area (Å²) in [5, 5.41) is 13.6. The zero-order valence-corrected chi connectivity index (χ0v) is 10.9. The van der Waals surface area contributed by atoms with Crippen LogP contribution in [0.25, 0.3) is 0 Å². The number of aromatic hydroxyl groups is 1. The largest absolute Gasteiger partial charge is 0.508 e. The van der Waals surface area contributed by atoms with Gasteiger partial charge >= 0.3 is 0 Å². The predicted octanol–water partition coefficient (Wildman–Crippen LogP) is 4.00. The lowest BCUT2D eigenvalue weighted by Gasteiger charge is -2.19. The molecule has 0 radical (unpaired) electrons. The molecular formula is C14H15ClN2O. The number of halogens is 1. The molecule has 1 heterocycles. The molecular weight excluding hydrogens is 248 g/mol. The average molecular weight is 263 g/mol. The summed E-state index contributed by atoms with van der Waals surface area (Å²) < 4.78 is 0. The van der Waals surface area contributed by atoms with E-state index in [1.54, 1.807) is 12.1 Å². The number of anilines is 1. The Morgan fingerprint density at radius 3 is 2.67 bits per heavy atom. The van der Waals surface area contributed by atoms with Gasteiger partial charge in [-0.25, -0.2) is 4.98 Å². The van der Waals surface area contributed by atoms with Gasteiger partial charge in [-0.15, -0.1) is 0 Å². The summed E-state index contributed by atoms with van der Waals surface area (Å²) in [5.74, 6) is 0.997. The predicted molar refractivity (Wildman–Crippen MR) is 74.0 cm³/mol. The molecule has 3 nitrogen and oxygen atoms in total. The van der Waals surface area contributed by atoms with E-state index in [-0.39, 0.29) is 6.04 Å². The summed E-state index contributed by atoms with van der Waals surface area (Å²) >= 11 is 5.85. The average Bonchev–Trinajstić information content (AvgIpc) is 2.37. The van der Waals surface area contributed by atoms with Crippen LogP contribution in [-0.2, 0) is 0 Å². The summed E-state index contributed by atoms with van der Waals surface area (Å²) in [6, 6.07) is 12.7. The molecule has 1 unspecified atom stereocenters. The Bertz CT molecular complexity index is 531. The second-order valence-electron chi connectivity index (χ2n) is 4.01. The number of rotatable bonds is 4. The summed E-state index contributed by atoms with van der Waals surface area (Å²) in [6.45, 7) is 2.05. The number of benzene rings is 1. The van der Waals surface area contributed by atoms with Crippen molar-refractivity contribution in [2.24, 2.45) is 0 Å². The van der Waals surface area contributed by atoms with Crippen molar-refractivity contribution >= 4 is 17.4 Å². The van der Waals surface area contributed by atoms with Crippen LogP contribution in [0, 0.1) is 0 Å². The van der Waals surface area contributed by atoms with E-state index in [1.165, 1.54) is 0 Å². The SMILES string of the molecule is CCC(Nc1cccc(Cl)n1)c1ccccc1O. The Kier molecular flexibility index (Phi) is 4.05. The van der Waals surface area contributed by atoms with Crippen LogP contribution in [0.2, 0.25) is 5.15 Å². The molecule has 0 aliphatic heterocycles. The van der Waals surface area contributed by atoms with Crippen LogP contribution < -0.4 is 5.32 Å². The maximum Gasteiger partial charge on any atom is 0.131 e. The van der Waals surface area contributed by atoms with Crippen LogP contribution in [0.3, 0.4) is 0 Å². The summed E-state index contributed by atoms with van der Waals surface area (Å²) in [5.41, 5.74) is 0.863. The number of nitrogens with zero attached hydrogens (tertiary/aromatic N) is 1. The highest BCUT2D eigenvalue weighted by molar-refractivity contribution is 6.29. The Balaban J connectivity index is 2.23. The van der Waals surface area contributed by atoms with E-state index in [0.29, 0.717) is 16.7 Å². The van der Waals surface area contributed by atoms with Crippen molar-refractivity contribution in [3.63, 3.8) is 0 Å². The van der Waals surface area contributed by atoms with E-state index in [9.17, 15) is 5.11 Å². The summed E-state index contributed by atoms with van der Waals surface area (Å²) in [7, 11) is 0. The van der Waals surface area contributed by atoms with Gasteiger partial charge in [0.05, 0.1) is 6.04 Å². The molecule has 94 valence electrons. The molecule has 0 fully saturated rings. The molecule has 0 saturated heterocycles. The number of hydrogen-bond donors (Lipinski definition) is 2. The van der Waals surface area contributed by atoms with Crippen molar-refractivity contribution < 1.29 is 5.11 Å². The Hall–Kier alpha value is -1.74. The second-order valence-corrected chi connectivity index (χ2v) is 4.40. The van der Waals surface area contributed by atoms with Crippen LogP contribution in [0.4, 0.5) is 5.82 Å². The first kappa shape index (κ1) is 12.7. The smallest absolute Gasteiger partial charge is 0.131 e. The molecule has 0 bridgehead atoms. The van der Waals surface area contributed by atoms with Crippen molar-refractivity contribution in [2.45, 2.75) is 19.4 Å². The standard InChI is InChI=1S/C14H15ClN2O/c1-2-11(10-6-3-4-7-12(10)18)16-14-9-5-8-13(15)17-14/h3-9,11,18H,2H2,1H3,(H,16,17). The van der Waals surface area contributed by atoms with Gasteiger partial charge in [0.25, 0.3) is 0 Å². The van der Waals surface area contributed by atoms with Crippen molar-refractivity contribution in [1.82, 2.24) is 4.98 Å². The lowest BCUT2D eigenvalue weighted by atomic mass is 10.0. The molecule has 0 amide bonds. The third-order valence-corrected chi connectivity index (χ3v) is 2.97. The van der Waals surface area contributed by atoms with Gasteiger partial charge in [0.1, 0.15) is 16.7 Å². The Morgan fingerprint density at radius 1 is 1.22 bits per heavy atom. The molecule has 0 aliphatic carbocycles. The molecule has 2 aromatic rings. The molecule has 0 saturated carbocycles. The first-order chi connectivity index (χ1) is 8.70. The van der Waals surface area contributed by atoms with Crippen LogP contribution in [0.5, 0.6) is 5.75 Å². The number of phenolic OH excluding ortho intramolecular Hbond substituents is 1. The first-order valence-electron chi connectivity index (χ1n) is 5.87. The first-order valence-corrected chi connectivity index (χ1v) is 6.25. The number of phenols is 1. The highest BCUT2D eigenvalue weighted by Crippen LogP contribution is 2.28. The number of nitrogens with one attached hydrogen (secondary N) is 1. The Morgan fingerprint density at radius 2 is 2.00 bits per heavy atom. The van der Waals surface area contributed by atoms with E-state index >= 15 is 0 Å². The molecule has 18 heavy (non-hydrogen) atoms. The minimum Gasteiger partial charge on any atom is -0.508 e. The van der Waals surface area contributed by atoms with E-state index in [0.717, 1.165) is 12.0 Å². The Labute approximate surface area is 111 Å². The van der Waals surface area contributed by atoms with E-state index in [2.05, 4.69) is 17.2 Å². The minimum atomic E-state index is 0.0113. The fraction of sp³-hybridized carbons (Fsp3) is 0.214. The molecule has 0 spiro atoms. The summed E-state index contributed by atoms with van der Waals surface area (Å²) in [4.78, 5) is 4.19. The maximum absolute atomic E-state index is 9.86. The minimum absolute atomic E-state index is 0.0113. The third-order valence-electron chi connectivity index (χ3n) is 2.76. The fourth-order valence-electron chi connectivity index (χ4n) is 1.85. The third kappa shape index (κ3) is 2.93. The van der Waals surface area contributed by atoms with Gasteiger partial charge in [-0.2, -0.15) is 0 Å². The van der Waals surface area contributed by atoms with E-state index in [1.807, 2.05) is 30.3 Å². The molecule has 1 aromatic carbocycles. The highest BCUT2D eigenvalue weighted by Gasteiger charge is 2.13. The van der Waals surface area contributed by atoms with Crippen LogP contribution in [0.1, 0.15) is 24.9 Å². The molecule has 2 N–H and O–H groups in total. The van der Waals surface area contributed by atoms with Crippen molar-refractivity contribution in [3.8, 4) is 5.75 Å². The second kappa shape index (κ2) is 5.74. The molecule has 1 aromatic heterocycles. The maximum atomic E-state index is 9.86. The molecule has 4 heteroatoms. The van der Waals surface area contributed by atoms with E-state index < -0.39 is 0 Å². The van der Waals surface area contributed by atoms with Crippen molar-refractivity contribution in [3.05, 3.63) is 53.2 Å². The monoisotopic (exact) mass is 262 g/mol. The summed E-state index contributed by atoms with van der Waals surface area (Å²) in [6.07, 6.45) is 0.839. The van der Waals surface area contributed by atoms with Gasteiger partial charge in [-0.1, -0.05) is 42.8 Å². The van der Waals surface area contributed by atoms with Gasteiger partial charge in [0, 0.05) is 5.56 Å². The number of para-hydroxylation sites is 1. The van der Waals surface area contributed by atoms with Gasteiger partial charge in [-0.3, -0.25) is 0 Å². The quantitative estimate of drug-likeness (QED) is 0.819. The van der Waals surface area contributed by atoms with Crippen LogP contribution in [-0.4, -0.2) is 10.1 Å². The number of aromatic nitrogens is 1. The van der Waals surface area contributed by atoms with Crippen molar-refractivity contribution in [2.75, 3.05) is 5.32 Å². The van der Waals surface area contributed by atoms with E-state index in [4.69, 9.17) is 11.6 Å². The molecule has 1 atom stereocenters.